The minimum absolute atomic E-state index is 0.0215. The Labute approximate surface area is 172 Å². The van der Waals surface area contributed by atoms with E-state index in [0.717, 1.165) is 25.7 Å². The maximum absolute atomic E-state index is 11.5. The van der Waals surface area contributed by atoms with E-state index in [4.69, 9.17) is 9.47 Å². The molecule has 6 nitrogen and oxygen atoms in total. The number of hydrogen-bond acceptors (Lipinski definition) is 6. The van der Waals surface area contributed by atoms with Gasteiger partial charge in [-0.2, -0.15) is 0 Å². The molecule has 9 atom stereocenters. The molecule has 0 radical (unpaired) electrons. The maximum Gasteiger partial charge on any atom is 0.302 e. The van der Waals surface area contributed by atoms with Crippen LogP contribution in [-0.4, -0.2) is 46.6 Å². The number of fused-ring (bicyclic) bond motifs is 5. The fourth-order valence-electron chi connectivity index (χ4n) is 7.24. The Kier molecular flexibility index (Phi) is 5.10. The first-order chi connectivity index (χ1) is 13.6. The molecule has 0 aromatic carbocycles. The lowest BCUT2D eigenvalue weighted by atomic mass is 9.47. The zero-order valence-electron chi connectivity index (χ0n) is 17.9. The molecule has 29 heavy (non-hydrogen) atoms. The number of aliphatic hydroxyl groups excluding tert-OH is 2. The molecule has 0 aromatic heterocycles. The van der Waals surface area contributed by atoms with E-state index in [-0.39, 0.29) is 40.7 Å². The summed E-state index contributed by atoms with van der Waals surface area (Å²) in [5, 5.41) is 22.1. The van der Waals surface area contributed by atoms with Crippen LogP contribution < -0.4 is 0 Å². The summed E-state index contributed by atoms with van der Waals surface area (Å²) in [6, 6.07) is 0. The largest absolute Gasteiger partial charge is 0.462 e. The minimum Gasteiger partial charge on any atom is -0.462 e. The number of hydrogen-bond donors (Lipinski definition) is 2. The Morgan fingerprint density at radius 1 is 1.03 bits per heavy atom. The average Bonchev–Trinajstić information content (AvgIpc) is 2.87. The van der Waals surface area contributed by atoms with Gasteiger partial charge in [-0.15, -0.1) is 0 Å². The predicted octanol–water partition coefficient (Wildman–Crippen LogP) is 2.75. The third kappa shape index (κ3) is 3.23. The van der Waals surface area contributed by atoms with Gasteiger partial charge < -0.3 is 19.7 Å². The molecule has 4 aliphatic rings. The molecule has 0 bridgehead atoms. The van der Waals surface area contributed by atoms with Crippen molar-refractivity contribution in [1.82, 2.24) is 0 Å². The van der Waals surface area contributed by atoms with E-state index in [2.05, 4.69) is 13.8 Å². The smallest absolute Gasteiger partial charge is 0.302 e. The average molecular weight is 407 g/mol. The summed E-state index contributed by atoms with van der Waals surface area (Å²) in [6.07, 6.45) is 4.98. The molecular weight excluding hydrogens is 372 g/mol. The van der Waals surface area contributed by atoms with Crippen molar-refractivity contribution in [3.8, 4) is 0 Å². The number of esters is 2. The number of rotatable bonds is 2. The summed E-state index contributed by atoms with van der Waals surface area (Å²) in [4.78, 5) is 22.9. The lowest BCUT2D eigenvalue weighted by molar-refractivity contribution is -0.155. The van der Waals surface area contributed by atoms with Gasteiger partial charge in [-0.25, -0.2) is 0 Å². The molecular formula is C23H34O6. The van der Waals surface area contributed by atoms with Gasteiger partial charge in [0.2, 0.25) is 0 Å². The van der Waals surface area contributed by atoms with E-state index in [0.29, 0.717) is 18.8 Å². The molecule has 2 N–H and O–H groups in total. The standard InChI is InChI=1S/C23H34O6/c1-12(24)28-15-5-7-22(3)14(9-15)10-18(26)20-16(22)6-8-23(4)17(20)11-19(21(23)27)29-13(2)25/h10,15-21,26-27H,5-9,11H2,1-4H3/t15?,16?,17?,18?,19-,20?,21?,22?,23?/m1/s1. The van der Waals surface area contributed by atoms with Crippen LogP contribution >= 0.6 is 0 Å². The second-order valence-electron chi connectivity index (χ2n) is 10.2. The van der Waals surface area contributed by atoms with Crippen LogP contribution in [0.2, 0.25) is 0 Å². The summed E-state index contributed by atoms with van der Waals surface area (Å²) >= 11 is 0. The first kappa shape index (κ1) is 20.9. The molecule has 4 aliphatic carbocycles. The van der Waals surface area contributed by atoms with Gasteiger partial charge in [-0.3, -0.25) is 9.59 Å². The molecule has 0 aromatic rings. The Bertz CT molecular complexity index is 731. The highest BCUT2D eigenvalue weighted by Gasteiger charge is 2.63. The molecule has 0 saturated heterocycles. The highest BCUT2D eigenvalue weighted by molar-refractivity contribution is 5.66. The van der Waals surface area contributed by atoms with Gasteiger partial charge in [0.05, 0.1) is 12.2 Å². The number of carbonyl (C=O) groups excluding carboxylic acids is 2. The SMILES string of the molecule is CC(=O)OC1CCC2(C)C(=CC(O)C3C2CCC2(C)C3C[C@@H](OC(C)=O)C2O)C1. The van der Waals surface area contributed by atoms with Crippen LogP contribution in [0, 0.1) is 28.6 Å². The number of ether oxygens (including phenoxy) is 2. The fourth-order valence-corrected chi connectivity index (χ4v) is 7.24. The molecule has 0 heterocycles. The van der Waals surface area contributed by atoms with E-state index in [1.165, 1.54) is 19.4 Å². The van der Waals surface area contributed by atoms with E-state index in [1.807, 2.05) is 6.08 Å². The van der Waals surface area contributed by atoms with E-state index >= 15 is 0 Å². The number of aliphatic hydroxyl groups is 2. The molecule has 8 unspecified atom stereocenters. The van der Waals surface area contributed by atoms with E-state index in [1.54, 1.807) is 0 Å². The molecule has 3 saturated carbocycles. The summed E-state index contributed by atoms with van der Waals surface area (Å²) < 4.78 is 10.9. The molecule has 162 valence electrons. The van der Waals surface area contributed by atoms with Crippen molar-refractivity contribution >= 4 is 11.9 Å². The van der Waals surface area contributed by atoms with Crippen molar-refractivity contribution in [2.24, 2.45) is 28.6 Å². The molecule has 4 rings (SSSR count). The van der Waals surface area contributed by atoms with Gasteiger partial charge in [0.15, 0.2) is 0 Å². The normalized spacial score (nSPS) is 48.6. The van der Waals surface area contributed by atoms with Crippen LogP contribution in [-0.2, 0) is 19.1 Å². The van der Waals surface area contributed by atoms with Crippen LogP contribution in [0.4, 0.5) is 0 Å². The summed E-state index contributed by atoms with van der Waals surface area (Å²) in [5.41, 5.74) is 0.841. The summed E-state index contributed by atoms with van der Waals surface area (Å²) in [5.74, 6) is -0.148. The van der Waals surface area contributed by atoms with Gasteiger partial charge in [0, 0.05) is 25.7 Å². The number of carbonyl (C=O) groups is 2. The first-order valence-electron chi connectivity index (χ1n) is 11.0. The molecule has 6 heteroatoms. The van der Waals surface area contributed by atoms with Crippen LogP contribution in [0.1, 0.15) is 66.2 Å². The van der Waals surface area contributed by atoms with Gasteiger partial charge in [-0.05, 0) is 55.3 Å². The van der Waals surface area contributed by atoms with Crippen LogP contribution in [0.15, 0.2) is 11.6 Å². The van der Waals surface area contributed by atoms with Crippen LogP contribution in [0.3, 0.4) is 0 Å². The highest BCUT2D eigenvalue weighted by atomic mass is 16.6. The first-order valence-corrected chi connectivity index (χ1v) is 11.0. The predicted molar refractivity (Wildman–Crippen MR) is 106 cm³/mol. The Morgan fingerprint density at radius 3 is 2.38 bits per heavy atom. The Balaban J connectivity index is 1.63. The van der Waals surface area contributed by atoms with Crippen molar-refractivity contribution in [2.75, 3.05) is 0 Å². The van der Waals surface area contributed by atoms with Crippen molar-refractivity contribution in [2.45, 2.75) is 90.6 Å². The van der Waals surface area contributed by atoms with Gasteiger partial charge >= 0.3 is 11.9 Å². The molecule has 0 amide bonds. The Hall–Kier alpha value is -1.40. The quantitative estimate of drug-likeness (QED) is 0.541. The monoisotopic (exact) mass is 406 g/mol. The third-order valence-corrected chi connectivity index (χ3v) is 8.69. The third-order valence-electron chi connectivity index (χ3n) is 8.69. The lowest BCUT2D eigenvalue weighted by Crippen LogP contribution is -2.55. The van der Waals surface area contributed by atoms with Crippen molar-refractivity contribution in [1.29, 1.82) is 0 Å². The second kappa shape index (κ2) is 7.09. The van der Waals surface area contributed by atoms with E-state index in [9.17, 15) is 19.8 Å². The Morgan fingerprint density at radius 2 is 1.72 bits per heavy atom. The van der Waals surface area contributed by atoms with Gasteiger partial charge in [-0.1, -0.05) is 25.5 Å². The fraction of sp³-hybridized carbons (Fsp3) is 0.826. The second-order valence-corrected chi connectivity index (χ2v) is 10.2. The topological polar surface area (TPSA) is 93.1 Å². The van der Waals surface area contributed by atoms with Crippen molar-refractivity contribution < 1.29 is 29.3 Å². The van der Waals surface area contributed by atoms with Crippen LogP contribution in [0.25, 0.3) is 0 Å². The van der Waals surface area contributed by atoms with E-state index < -0.39 is 18.3 Å². The van der Waals surface area contributed by atoms with Gasteiger partial charge in [0.1, 0.15) is 12.2 Å². The van der Waals surface area contributed by atoms with Crippen molar-refractivity contribution in [3.63, 3.8) is 0 Å². The molecule has 0 aliphatic heterocycles. The van der Waals surface area contributed by atoms with Crippen LogP contribution in [0.5, 0.6) is 0 Å². The molecule has 0 spiro atoms. The highest BCUT2D eigenvalue weighted by Crippen LogP contribution is 2.65. The zero-order valence-corrected chi connectivity index (χ0v) is 17.9. The van der Waals surface area contributed by atoms with Crippen molar-refractivity contribution in [3.05, 3.63) is 11.6 Å². The van der Waals surface area contributed by atoms with Gasteiger partial charge in [0.25, 0.3) is 0 Å². The maximum atomic E-state index is 11.5. The zero-order chi connectivity index (χ0) is 21.1. The lowest BCUT2D eigenvalue weighted by Gasteiger charge is -2.58. The summed E-state index contributed by atoms with van der Waals surface area (Å²) in [6.45, 7) is 7.21. The minimum atomic E-state index is -0.692. The molecule has 3 fully saturated rings. The summed E-state index contributed by atoms with van der Waals surface area (Å²) in [7, 11) is 0.